The zero-order valence-electron chi connectivity index (χ0n) is 18.0. The number of fused-ring (bicyclic) bond motifs is 1. The monoisotopic (exact) mass is 429 g/mol. The van der Waals surface area contributed by atoms with Gasteiger partial charge in [0.05, 0.1) is 4.90 Å². The first-order valence-corrected chi connectivity index (χ1v) is 12.8. The maximum Gasteiger partial charge on any atom is 0.209 e. The van der Waals surface area contributed by atoms with Gasteiger partial charge in [0.2, 0.25) is 9.84 Å². The summed E-state index contributed by atoms with van der Waals surface area (Å²) in [6, 6.07) is 11.5. The molecule has 0 spiro atoms. The van der Waals surface area contributed by atoms with Crippen molar-refractivity contribution in [1.82, 2.24) is 0 Å². The van der Waals surface area contributed by atoms with E-state index in [9.17, 15) is 12.8 Å². The lowest BCUT2D eigenvalue weighted by Crippen LogP contribution is -2.35. The molecule has 0 bridgehead atoms. The van der Waals surface area contributed by atoms with Crippen LogP contribution >= 0.6 is 0 Å². The van der Waals surface area contributed by atoms with E-state index in [-0.39, 0.29) is 9.79 Å². The molecule has 0 aromatic heterocycles. The lowest BCUT2D eigenvalue weighted by atomic mass is 9.82. The predicted molar refractivity (Wildman–Crippen MR) is 119 cm³/mol. The van der Waals surface area contributed by atoms with Crippen LogP contribution < -0.4 is 4.90 Å². The van der Waals surface area contributed by atoms with Crippen molar-refractivity contribution in [2.24, 2.45) is 11.8 Å². The van der Waals surface area contributed by atoms with E-state index >= 15 is 0 Å². The molecule has 0 N–H and O–H groups in total. The van der Waals surface area contributed by atoms with Crippen LogP contribution in [0.5, 0.6) is 0 Å². The van der Waals surface area contributed by atoms with Gasteiger partial charge in [0.15, 0.2) is 0 Å². The first-order valence-electron chi connectivity index (χ1n) is 11.3. The molecule has 1 aliphatic heterocycles. The number of hydrogen-bond donors (Lipinski definition) is 0. The standard InChI is InChI=1S/C25H32FNO2S/c1-18(2)19-7-5-9-21(10-6-8-19)27-16-15-20-17-22(13-14-24(20)27)30(28,29)25-12-4-3-11-23(25)26/h3-4,11-14,17-19,21H,5-10,15-16H2,1-2H3. The Balaban J connectivity index is 1.54. The fourth-order valence-corrected chi connectivity index (χ4v) is 6.62. The lowest BCUT2D eigenvalue weighted by molar-refractivity contribution is 0.284. The molecule has 2 aromatic carbocycles. The zero-order valence-corrected chi connectivity index (χ0v) is 18.8. The minimum Gasteiger partial charge on any atom is -0.368 e. The molecule has 1 heterocycles. The molecule has 4 rings (SSSR count). The second-order valence-corrected chi connectivity index (χ2v) is 11.1. The van der Waals surface area contributed by atoms with Crippen LogP contribution in [-0.4, -0.2) is 21.0 Å². The summed E-state index contributed by atoms with van der Waals surface area (Å²) in [5.74, 6) is 0.917. The van der Waals surface area contributed by atoms with Gasteiger partial charge in [-0.3, -0.25) is 0 Å². The Hall–Kier alpha value is -1.88. The molecule has 0 radical (unpaired) electrons. The molecule has 2 aromatic rings. The number of anilines is 1. The van der Waals surface area contributed by atoms with Gasteiger partial charge in [-0.05, 0) is 67.0 Å². The van der Waals surface area contributed by atoms with Gasteiger partial charge in [-0.1, -0.05) is 51.7 Å². The third-order valence-electron chi connectivity index (χ3n) is 7.03. The van der Waals surface area contributed by atoms with Crippen LogP contribution in [0.15, 0.2) is 52.3 Å². The molecule has 1 saturated carbocycles. The number of halogens is 1. The number of hydrogen-bond acceptors (Lipinski definition) is 3. The van der Waals surface area contributed by atoms with Crippen LogP contribution in [0.1, 0.15) is 57.9 Å². The Morgan fingerprint density at radius 1 is 1.00 bits per heavy atom. The van der Waals surface area contributed by atoms with Crippen molar-refractivity contribution >= 4 is 15.5 Å². The van der Waals surface area contributed by atoms with Crippen molar-refractivity contribution in [3.63, 3.8) is 0 Å². The molecular formula is C25H32FNO2S. The summed E-state index contributed by atoms with van der Waals surface area (Å²) < 4.78 is 40.0. The Bertz CT molecular complexity index is 992. The molecule has 3 nitrogen and oxygen atoms in total. The van der Waals surface area contributed by atoms with E-state index in [0.717, 1.165) is 36.1 Å². The van der Waals surface area contributed by atoms with Crippen molar-refractivity contribution in [2.45, 2.75) is 74.6 Å². The van der Waals surface area contributed by atoms with Gasteiger partial charge < -0.3 is 4.90 Å². The molecule has 0 saturated heterocycles. The molecular weight excluding hydrogens is 397 g/mol. The number of rotatable bonds is 4. The predicted octanol–water partition coefficient (Wildman–Crippen LogP) is 6.02. The van der Waals surface area contributed by atoms with Gasteiger partial charge in [0, 0.05) is 18.3 Å². The highest BCUT2D eigenvalue weighted by atomic mass is 32.2. The fourth-order valence-electron chi connectivity index (χ4n) is 5.24. The van der Waals surface area contributed by atoms with E-state index in [0.29, 0.717) is 6.04 Å². The van der Waals surface area contributed by atoms with Crippen LogP contribution in [0.3, 0.4) is 0 Å². The Morgan fingerprint density at radius 2 is 1.70 bits per heavy atom. The summed E-state index contributed by atoms with van der Waals surface area (Å²) in [7, 11) is -3.85. The van der Waals surface area contributed by atoms with E-state index in [1.807, 2.05) is 6.07 Å². The summed E-state index contributed by atoms with van der Waals surface area (Å²) in [6.45, 7) is 5.62. The van der Waals surface area contributed by atoms with Crippen LogP contribution in [0.4, 0.5) is 10.1 Å². The second-order valence-electron chi connectivity index (χ2n) is 9.19. The lowest BCUT2D eigenvalue weighted by Gasteiger charge is -2.34. The molecule has 30 heavy (non-hydrogen) atoms. The Morgan fingerprint density at radius 3 is 2.37 bits per heavy atom. The van der Waals surface area contributed by atoms with Crippen molar-refractivity contribution in [1.29, 1.82) is 0 Å². The normalized spacial score (nSPS) is 22.6. The molecule has 1 aliphatic carbocycles. The van der Waals surface area contributed by atoms with Gasteiger partial charge in [-0.25, -0.2) is 12.8 Å². The molecule has 1 fully saturated rings. The van der Waals surface area contributed by atoms with Crippen molar-refractivity contribution in [2.75, 3.05) is 11.4 Å². The average molecular weight is 430 g/mol. The molecule has 0 atom stereocenters. The van der Waals surface area contributed by atoms with Gasteiger partial charge >= 0.3 is 0 Å². The molecule has 2 aliphatic rings. The Labute approximate surface area is 180 Å². The second kappa shape index (κ2) is 8.70. The first kappa shape index (κ1) is 21.4. The average Bonchev–Trinajstić information content (AvgIpc) is 3.11. The zero-order chi connectivity index (χ0) is 21.3. The first-order chi connectivity index (χ1) is 14.4. The highest BCUT2D eigenvalue weighted by molar-refractivity contribution is 7.91. The maximum atomic E-state index is 14.1. The molecule has 5 heteroatoms. The largest absolute Gasteiger partial charge is 0.368 e. The third kappa shape index (κ3) is 4.14. The molecule has 0 amide bonds. The number of nitrogens with zero attached hydrogens (tertiary/aromatic N) is 1. The van der Waals surface area contributed by atoms with E-state index in [2.05, 4.69) is 18.7 Å². The number of sulfone groups is 1. The summed E-state index contributed by atoms with van der Waals surface area (Å²) in [6.07, 6.45) is 8.42. The van der Waals surface area contributed by atoms with Crippen LogP contribution in [-0.2, 0) is 16.3 Å². The van der Waals surface area contributed by atoms with Gasteiger partial charge in [-0.2, -0.15) is 0 Å². The molecule has 0 unspecified atom stereocenters. The summed E-state index contributed by atoms with van der Waals surface area (Å²) in [4.78, 5) is 2.43. The minimum absolute atomic E-state index is 0.186. The van der Waals surface area contributed by atoms with Gasteiger partial charge in [-0.15, -0.1) is 0 Å². The highest BCUT2D eigenvalue weighted by Crippen LogP contribution is 2.37. The van der Waals surface area contributed by atoms with Crippen molar-refractivity contribution in [3.05, 3.63) is 53.8 Å². The van der Waals surface area contributed by atoms with Gasteiger partial charge in [0.1, 0.15) is 10.7 Å². The van der Waals surface area contributed by atoms with Crippen LogP contribution in [0.25, 0.3) is 0 Å². The SMILES string of the molecule is CC(C)C1CCCC(N2CCc3cc(S(=O)(=O)c4ccccc4F)ccc32)CCC1. The minimum atomic E-state index is -3.85. The van der Waals surface area contributed by atoms with E-state index in [1.54, 1.807) is 18.2 Å². The fraction of sp³-hybridized carbons (Fsp3) is 0.520. The quantitative estimate of drug-likeness (QED) is 0.597. The highest BCUT2D eigenvalue weighted by Gasteiger charge is 2.30. The summed E-state index contributed by atoms with van der Waals surface area (Å²) in [5, 5.41) is 0. The van der Waals surface area contributed by atoms with Crippen LogP contribution in [0, 0.1) is 17.7 Å². The maximum absolute atomic E-state index is 14.1. The topological polar surface area (TPSA) is 37.4 Å². The third-order valence-corrected chi connectivity index (χ3v) is 8.81. The smallest absolute Gasteiger partial charge is 0.209 e. The van der Waals surface area contributed by atoms with E-state index in [4.69, 9.17) is 0 Å². The Kier molecular flexibility index (Phi) is 6.19. The van der Waals surface area contributed by atoms with Crippen LogP contribution in [0.2, 0.25) is 0 Å². The summed E-state index contributed by atoms with van der Waals surface area (Å²) >= 11 is 0. The number of benzene rings is 2. The van der Waals surface area contributed by atoms with Gasteiger partial charge in [0.25, 0.3) is 0 Å². The van der Waals surface area contributed by atoms with Crippen molar-refractivity contribution in [3.8, 4) is 0 Å². The summed E-state index contributed by atoms with van der Waals surface area (Å²) in [5.41, 5.74) is 2.22. The molecule has 162 valence electrons. The van der Waals surface area contributed by atoms with E-state index < -0.39 is 15.7 Å². The van der Waals surface area contributed by atoms with E-state index in [1.165, 1.54) is 56.7 Å². The van der Waals surface area contributed by atoms with Crippen molar-refractivity contribution < 1.29 is 12.8 Å².